The number of aryl methyl sites for hydroxylation is 3. The lowest BCUT2D eigenvalue weighted by Gasteiger charge is -2.32. The number of piperidine rings is 1. The number of amides is 3. The second-order valence-corrected chi connectivity index (χ2v) is 13.0. The topological polar surface area (TPSA) is 199 Å². The Morgan fingerprint density at radius 3 is 2.12 bits per heavy atom. The van der Waals surface area contributed by atoms with Crippen molar-refractivity contribution in [3.8, 4) is 0 Å². The molecule has 3 amide bonds. The SMILES string of the molecule is Cc1ccccc1NC(=O)N1CCC(CC(=O)Nc2ccc3cc2CCc2cncc(c2)Nc2ncc(Cl)c(n2)N3)CC1.O=C(O)C(F)(F)F.O=C(O)C(F)(F)F. The van der Waals surface area contributed by atoms with Gasteiger partial charge < -0.3 is 36.4 Å². The van der Waals surface area contributed by atoms with Crippen molar-refractivity contribution in [2.45, 2.75) is 51.4 Å². The number of carbonyl (C=O) groups excluding carboxylic acids is 2. The second-order valence-electron chi connectivity index (χ2n) is 12.6. The summed E-state index contributed by atoms with van der Waals surface area (Å²) >= 11 is 6.38. The molecule has 4 aromatic rings. The van der Waals surface area contributed by atoms with Crippen LogP contribution in [0.3, 0.4) is 0 Å². The number of nitrogens with one attached hydrogen (secondary N) is 4. The highest BCUT2D eigenvalue weighted by Gasteiger charge is 2.39. The van der Waals surface area contributed by atoms with Crippen molar-refractivity contribution in [3.05, 3.63) is 88.8 Å². The summed E-state index contributed by atoms with van der Waals surface area (Å²) in [6, 6.07) is 15.5. The predicted octanol–water partition coefficient (Wildman–Crippen LogP) is 7.96. The molecular formula is C36H35ClF6N8O6. The van der Waals surface area contributed by atoms with Gasteiger partial charge in [-0.1, -0.05) is 29.8 Å². The molecule has 0 aliphatic carbocycles. The number of para-hydroxylation sites is 1. The van der Waals surface area contributed by atoms with Crippen molar-refractivity contribution in [1.29, 1.82) is 0 Å². The number of carbonyl (C=O) groups is 4. The van der Waals surface area contributed by atoms with Crippen LogP contribution in [0.15, 0.2) is 67.1 Å². The van der Waals surface area contributed by atoms with Crippen LogP contribution in [0.1, 0.15) is 36.0 Å². The van der Waals surface area contributed by atoms with Crippen molar-refractivity contribution in [2.75, 3.05) is 34.4 Å². The first kappa shape index (κ1) is 43.5. The number of hydrogen-bond donors (Lipinski definition) is 6. The van der Waals surface area contributed by atoms with Gasteiger partial charge in [0.25, 0.3) is 0 Å². The quantitative estimate of drug-likeness (QED) is 0.109. The largest absolute Gasteiger partial charge is 0.490 e. The van der Waals surface area contributed by atoms with E-state index in [0.29, 0.717) is 42.7 Å². The number of benzene rings is 2. The second kappa shape index (κ2) is 19.1. The molecule has 6 N–H and O–H groups in total. The summed E-state index contributed by atoms with van der Waals surface area (Å²) in [5.74, 6) is -4.45. The number of anilines is 6. The molecule has 4 heterocycles. The van der Waals surface area contributed by atoms with Crippen LogP contribution in [0.5, 0.6) is 0 Å². The molecule has 0 spiro atoms. The van der Waals surface area contributed by atoms with Crippen molar-refractivity contribution in [3.63, 3.8) is 0 Å². The maximum absolute atomic E-state index is 13.2. The van der Waals surface area contributed by atoms with E-state index in [1.165, 1.54) is 0 Å². The molecule has 0 atom stereocenters. The number of hydrogen-bond acceptors (Lipinski definition) is 9. The minimum atomic E-state index is -5.08. The number of halogens is 7. The van der Waals surface area contributed by atoms with E-state index in [2.05, 4.69) is 36.2 Å². The number of alkyl halides is 6. The fourth-order valence-electron chi connectivity index (χ4n) is 5.46. The van der Waals surface area contributed by atoms with Gasteiger partial charge in [0.15, 0.2) is 5.82 Å². The lowest BCUT2D eigenvalue weighted by Crippen LogP contribution is -2.41. The summed E-state index contributed by atoms with van der Waals surface area (Å²) in [7, 11) is 0. The molecule has 6 bridgehead atoms. The zero-order valence-corrected chi connectivity index (χ0v) is 30.6. The highest BCUT2D eigenvalue weighted by Crippen LogP contribution is 2.30. The van der Waals surface area contributed by atoms with Crippen molar-refractivity contribution < 1.29 is 55.7 Å². The van der Waals surface area contributed by atoms with Crippen LogP contribution in [-0.2, 0) is 27.2 Å². The average molecular weight is 825 g/mol. The van der Waals surface area contributed by atoms with E-state index < -0.39 is 24.3 Å². The third-order valence-electron chi connectivity index (χ3n) is 8.37. The van der Waals surface area contributed by atoms with Crippen LogP contribution < -0.4 is 21.3 Å². The Balaban J connectivity index is 0.000000440. The summed E-state index contributed by atoms with van der Waals surface area (Å²) in [4.78, 5) is 58.8. The molecule has 2 aromatic heterocycles. The van der Waals surface area contributed by atoms with E-state index in [9.17, 15) is 35.9 Å². The Kier molecular flexibility index (Phi) is 14.6. The van der Waals surface area contributed by atoms with Gasteiger partial charge in [-0.15, -0.1) is 0 Å². The number of carboxylic acids is 2. The van der Waals surface area contributed by atoms with E-state index >= 15 is 0 Å². The van der Waals surface area contributed by atoms with Gasteiger partial charge in [0.1, 0.15) is 5.02 Å². The van der Waals surface area contributed by atoms with Gasteiger partial charge in [0.05, 0.1) is 18.1 Å². The number of pyridine rings is 1. The van der Waals surface area contributed by atoms with Crippen LogP contribution in [0, 0.1) is 12.8 Å². The van der Waals surface area contributed by atoms with E-state index in [4.69, 9.17) is 31.4 Å². The van der Waals surface area contributed by atoms with Gasteiger partial charge in [-0.25, -0.2) is 19.4 Å². The Morgan fingerprint density at radius 1 is 0.842 bits per heavy atom. The molecule has 2 aliphatic rings. The van der Waals surface area contributed by atoms with Gasteiger partial charge in [0.2, 0.25) is 11.9 Å². The highest BCUT2D eigenvalue weighted by molar-refractivity contribution is 6.32. The first-order chi connectivity index (χ1) is 26.8. The third kappa shape index (κ3) is 13.5. The standard InChI is InChI=1S/C32H33ClN8O2.2C2HF3O2/c1-20-4-2-3-5-27(20)39-32(43)41-12-10-21(11-13-41)15-29(42)38-28-9-8-24-16-23(28)7-6-22-14-25(18-34-17-22)37-31-35-19-26(33)30(36-24)40-31;2*3-2(4,5)1(6)7/h2-5,8-9,14,16-19,21H,6-7,10-13,15H2,1H3,(H,38,42)(H,39,43)(H2,35,36,37,40);2*(H,6,7). The van der Waals surface area contributed by atoms with Crippen molar-refractivity contribution in [1.82, 2.24) is 19.9 Å². The maximum atomic E-state index is 13.2. The zero-order valence-electron chi connectivity index (χ0n) is 29.8. The molecule has 0 saturated carbocycles. The summed E-state index contributed by atoms with van der Waals surface area (Å²) in [5.41, 5.74) is 6.25. The summed E-state index contributed by atoms with van der Waals surface area (Å²) in [5, 5.41) is 27.3. The number of fused-ring (bicyclic) bond motifs is 6. The fourth-order valence-corrected chi connectivity index (χ4v) is 5.60. The minimum Gasteiger partial charge on any atom is -0.475 e. The summed E-state index contributed by atoms with van der Waals surface area (Å²) < 4.78 is 63.5. The van der Waals surface area contributed by atoms with Crippen LogP contribution in [0.25, 0.3) is 0 Å². The molecule has 14 nitrogen and oxygen atoms in total. The van der Waals surface area contributed by atoms with Gasteiger partial charge in [-0.05, 0) is 85.5 Å². The molecule has 21 heteroatoms. The first-order valence-corrected chi connectivity index (χ1v) is 17.3. The smallest absolute Gasteiger partial charge is 0.475 e. The number of urea groups is 1. The van der Waals surface area contributed by atoms with Crippen LogP contribution in [0.4, 0.5) is 65.7 Å². The summed E-state index contributed by atoms with van der Waals surface area (Å²) in [6.07, 6.45) is -1.66. The predicted molar refractivity (Wildman–Crippen MR) is 197 cm³/mol. The number of nitrogens with zero attached hydrogens (tertiary/aromatic N) is 4. The van der Waals surface area contributed by atoms with E-state index in [-0.39, 0.29) is 17.9 Å². The molecule has 0 radical (unpaired) electrons. The van der Waals surface area contributed by atoms with E-state index in [1.54, 1.807) is 12.4 Å². The number of likely N-dealkylation sites (tertiary alicyclic amines) is 1. The Hall–Kier alpha value is -6.18. The van der Waals surface area contributed by atoms with Crippen LogP contribution in [-0.4, -0.2) is 79.4 Å². The Labute approximate surface area is 325 Å². The average Bonchev–Trinajstić information content (AvgIpc) is 3.14. The lowest BCUT2D eigenvalue weighted by molar-refractivity contribution is -0.193. The van der Waals surface area contributed by atoms with Gasteiger partial charge in [0, 0.05) is 42.8 Å². The van der Waals surface area contributed by atoms with Gasteiger partial charge >= 0.3 is 30.3 Å². The van der Waals surface area contributed by atoms with Gasteiger partial charge in [-0.3, -0.25) is 9.78 Å². The first-order valence-electron chi connectivity index (χ1n) is 16.9. The van der Waals surface area contributed by atoms with Crippen molar-refractivity contribution >= 4 is 70.0 Å². The Bertz CT molecular complexity index is 2060. The number of aromatic nitrogens is 3. The molecule has 6 rings (SSSR count). The molecule has 2 aliphatic heterocycles. The highest BCUT2D eigenvalue weighted by atomic mass is 35.5. The molecule has 57 heavy (non-hydrogen) atoms. The monoisotopic (exact) mass is 824 g/mol. The third-order valence-corrected chi connectivity index (χ3v) is 8.64. The molecule has 1 fully saturated rings. The zero-order chi connectivity index (χ0) is 41.9. The maximum Gasteiger partial charge on any atom is 0.490 e. The lowest BCUT2D eigenvalue weighted by atomic mass is 9.93. The number of aliphatic carboxylic acids is 2. The molecular weight excluding hydrogens is 790 g/mol. The van der Waals surface area contributed by atoms with E-state index in [0.717, 1.165) is 58.7 Å². The number of carboxylic acid groups (broad SMARTS) is 2. The number of rotatable bonds is 4. The summed E-state index contributed by atoms with van der Waals surface area (Å²) in [6.45, 7) is 3.22. The van der Waals surface area contributed by atoms with Gasteiger partial charge in [-0.2, -0.15) is 31.3 Å². The van der Waals surface area contributed by atoms with E-state index in [1.807, 2.05) is 66.6 Å². The normalized spacial score (nSPS) is 13.9. The molecule has 1 saturated heterocycles. The Morgan fingerprint density at radius 2 is 1.49 bits per heavy atom. The molecule has 304 valence electrons. The van der Waals surface area contributed by atoms with Crippen LogP contribution in [0.2, 0.25) is 5.02 Å². The van der Waals surface area contributed by atoms with Crippen molar-refractivity contribution in [2.24, 2.45) is 5.92 Å². The fraction of sp³-hybridized carbons (Fsp3) is 0.306. The molecule has 0 unspecified atom stereocenters. The minimum absolute atomic E-state index is 0.0287. The molecule has 2 aromatic carbocycles. The van der Waals surface area contributed by atoms with Crippen LogP contribution >= 0.6 is 11.6 Å².